The van der Waals surface area contributed by atoms with E-state index in [4.69, 9.17) is 0 Å². The van der Waals surface area contributed by atoms with Gasteiger partial charge in [0.2, 0.25) is 5.82 Å². The Kier molecular flexibility index (Phi) is 4.04. The Labute approximate surface area is 114 Å². The molecule has 0 fully saturated rings. The average Bonchev–Trinajstić information content (AvgIpc) is 2.39. The first-order chi connectivity index (χ1) is 8.66. The van der Waals surface area contributed by atoms with Crippen LogP contribution in [0, 0.1) is 0 Å². The Morgan fingerprint density at radius 3 is 2.67 bits per heavy atom. The molecule has 0 saturated carbocycles. The molecular weight excluding hydrogens is 294 g/mol. The number of rotatable bonds is 3. The maximum Gasteiger partial charge on any atom is 0.289 e. The highest BCUT2D eigenvalue weighted by atomic mass is 79.9. The monoisotopic (exact) mass is 305 g/mol. The fourth-order valence-electron chi connectivity index (χ4n) is 1.54. The van der Waals surface area contributed by atoms with E-state index >= 15 is 0 Å². The van der Waals surface area contributed by atoms with E-state index in [1.54, 1.807) is 18.5 Å². The third-order valence-corrected chi connectivity index (χ3v) is 2.96. The Morgan fingerprint density at radius 1 is 1.28 bits per heavy atom. The van der Waals surface area contributed by atoms with Gasteiger partial charge in [-0.2, -0.15) is 0 Å². The van der Waals surface area contributed by atoms with Crippen LogP contribution < -0.4 is 5.32 Å². The second-order valence-corrected chi connectivity index (χ2v) is 4.74. The molecule has 0 saturated heterocycles. The molecule has 1 heterocycles. The van der Waals surface area contributed by atoms with Crippen molar-refractivity contribution in [3.63, 3.8) is 0 Å². The standard InChI is InChI=1S/C13H12BrN3O/c1-9(10-4-2-5-11(14)8-10)17-13(18)12-15-6-3-7-16-12/h2-9H,1H3,(H,17,18). The number of benzene rings is 1. The van der Waals surface area contributed by atoms with Crippen LogP contribution >= 0.6 is 15.9 Å². The van der Waals surface area contributed by atoms with Crippen LogP contribution in [0.4, 0.5) is 0 Å². The highest BCUT2D eigenvalue weighted by Gasteiger charge is 2.13. The molecule has 0 bridgehead atoms. The van der Waals surface area contributed by atoms with Crippen molar-refractivity contribution < 1.29 is 4.79 Å². The molecule has 0 aliphatic carbocycles. The molecule has 4 nitrogen and oxygen atoms in total. The zero-order valence-electron chi connectivity index (χ0n) is 9.80. The van der Waals surface area contributed by atoms with E-state index in [-0.39, 0.29) is 17.8 Å². The van der Waals surface area contributed by atoms with Gasteiger partial charge in [0.15, 0.2) is 0 Å². The summed E-state index contributed by atoms with van der Waals surface area (Å²) in [6.45, 7) is 1.92. The van der Waals surface area contributed by atoms with Gasteiger partial charge < -0.3 is 5.32 Å². The summed E-state index contributed by atoms with van der Waals surface area (Å²) in [6, 6.07) is 9.38. The number of hydrogen-bond acceptors (Lipinski definition) is 3. The number of nitrogens with one attached hydrogen (secondary N) is 1. The summed E-state index contributed by atoms with van der Waals surface area (Å²) in [6.07, 6.45) is 3.09. The van der Waals surface area contributed by atoms with Crippen LogP contribution in [-0.2, 0) is 0 Å². The average molecular weight is 306 g/mol. The van der Waals surface area contributed by atoms with Crippen molar-refractivity contribution >= 4 is 21.8 Å². The van der Waals surface area contributed by atoms with Crippen molar-refractivity contribution in [2.75, 3.05) is 0 Å². The molecule has 1 atom stereocenters. The number of nitrogens with zero attached hydrogens (tertiary/aromatic N) is 2. The largest absolute Gasteiger partial charge is 0.343 e. The Hall–Kier alpha value is -1.75. The van der Waals surface area contributed by atoms with Crippen LogP contribution in [0.3, 0.4) is 0 Å². The molecule has 1 N–H and O–H groups in total. The number of halogens is 1. The van der Waals surface area contributed by atoms with Crippen molar-refractivity contribution in [2.45, 2.75) is 13.0 Å². The van der Waals surface area contributed by atoms with Crippen molar-refractivity contribution in [1.29, 1.82) is 0 Å². The van der Waals surface area contributed by atoms with E-state index in [0.29, 0.717) is 0 Å². The quantitative estimate of drug-likeness (QED) is 0.948. The van der Waals surface area contributed by atoms with E-state index in [9.17, 15) is 4.79 Å². The number of carbonyl (C=O) groups excluding carboxylic acids is 1. The van der Waals surface area contributed by atoms with E-state index in [1.165, 1.54) is 0 Å². The lowest BCUT2D eigenvalue weighted by Crippen LogP contribution is -2.28. The topological polar surface area (TPSA) is 54.9 Å². The van der Waals surface area contributed by atoms with E-state index in [0.717, 1.165) is 10.0 Å². The van der Waals surface area contributed by atoms with Crippen LogP contribution in [0.2, 0.25) is 0 Å². The summed E-state index contributed by atoms with van der Waals surface area (Å²) in [5.74, 6) is -0.0950. The predicted octanol–water partition coefficient (Wildman–Crippen LogP) is 2.73. The van der Waals surface area contributed by atoms with Gasteiger partial charge in [0.1, 0.15) is 0 Å². The summed E-state index contributed by atoms with van der Waals surface area (Å²) >= 11 is 3.40. The zero-order valence-corrected chi connectivity index (χ0v) is 11.4. The molecule has 1 aromatic heterocycles. The van der Waals surface area contributed by atoms with Crippen LogP contribution in [0.15, 0.2) is 47.2 Å². The Morgan fingerprint density at radius 2 is 2.00 bits per heavy atom. The first-order valence-corrected chi connectivity index (χ1v) is 6.29. The van der Waals surface area contributed by atoms with Crippen molar-refractivity contribution in [2.24, 2.45) is 0 Å². The summed E-state index contributed by atoms with van der Waals surface area (Å²) in [4.78, 5) is 19.7. The minimum absolute atomic E-state index is 0.0983. The van der Waals surface area contributed by atoms with Crippen LogP contribution in [0.25, 0.3) is 0 Å². The van der Waals surface area contributed by atoms with Gasteiger partial charge in [-0.05, 0) is 30.7 Å². The van der Waals surface area contributed by atoms with Gasteiger partial charge in [0.05, 0.1) is 6.04 Å². The summed E-state index contributed by atoms with van der Waals surface area (Å²) in [7, 11) is 0. The number of carbonyl (C=O) groups is 1. The van der Waals surface area contributed by atoms with Gasteiger partial charge >= 0.3 is 0 Å². The lowest BCUT2D eigenvalue weighted by molar-refractivity contribution is 0.0929. The summed E-state index contributed by atoms with van der Waals surface area (Å²) in [5.41, 5.74) is 1.02. The molecule has 0 aliphatic rings. The highest BCUT2D eigenvalue weighted by molar-refractivity contribution is 9.10. The molecule has 0 radical (unpaired) electrons. The van der Waals surface area contributed by atoms with Gasteiger partial charge in [-0.1, -0.05) is 28.1 Å². The zero-order chi connectivity index (χ0) is 13.0. The summed E-state index contributed by atoms with van der Waals surface area (Å²) < 4.78 is 0.983. The molecule has 1 amide bonds. The van der Waals surface area contributed by atoms with Crippen LogP contribution in [0.1, 0.15) is 29.1 Å². The first kappa shape index (κ1) is 12.7. The molecular formula is C13H12BrN3O. The number of amides is 1. The van der Waals surface area contributed by atoms with Gasteiger partial charge in [-0.25, -0.2) is 9.97 Å². The van der Waals surface area contributed by atoms with Crippen molar-refractivity contribution in [3.05, 3.63) is 58.6 Å². The molecule has 2 rings (SSSR count). The molecule has 2 aromatic rings. The molecule has 1 unspecified atom stereocenters. The molecule has 18 heavy (non-hydrogen) atoms. The second kappa shape index (κ2) is 5.73. The van der Waals surface area contributed by atoms with Crippen molar-refractivity contribution in [1.82, 2.24) is 15.3 Å². The molecule has 92 valence electrons. The van der Waals surface area contributed by atoms with Crippen molar-refractivity contribution in [3.8, 4) is 0 Å². The molecule has 1 aromatic carbocycles. The van der Waals surface area contributed by atoms with Gasteiger partial charge in [-0.3, -0.25) is 4.79 Å². The predicted molar refractivity (Wildman–Crippen MR) is 72.1 cm³/mol. The van der Waals surface area contributed by atoms with E-state index in [1.807, 2.05) is 31.2 Å². The number of aromatic nitrogens is 2. The van der Waals surface area contributed by atoms with Crippen LogP contribution in [-0.4, -0.2) is 15.9 Å². The molecule has 0 spiro atoms. The first-order valence-electron chi connectivity index (χ1n) is 5.50. The lowest BCUT2D eigenvalue weighted by atomic mass is 10.1. The minimum atomic E-state index is -0.275. The minimum Gasteiger partial charge on any atom is -0.343 e. The summed E-state index contributed by atoms with van der Waals surface area (Å²) in [5, 5.41) is 2.85. The maximum atomic E-state index is 11.9. The molecule has 5 heteroatoms. The van der Waals surface area contributed by atoms with Gasteiger partial charge in [0.25, 0.3) is 5.91 Å². The third-order valence-electron chi connectivity index (χ3n) is 2.47. The Bertz CT molecular complexity index is 545. The SMILES string of the molecule is CC(NC(=O)c1ncccn1)c1cccc(Br)c1. The molecule has 0 aliphatic heterocycles. The third kappa shape index (κ3) is 3.13. The highest BCUT2D eigenvalue weighted by Crippen LogP contribution is 2.17. The fourth-order valence-corrected chi connectivity index (χ4v) is 1.95. The maximum absolute atomic E-state index is 11.9. The van der Waals surface area contributed by atoms with Crippen LogP contribution in [0.5, 0.6) is 0 Å². The smallest absolute Gasteiger partial charge is 0.289 e. The lowest BCUT2D eigenvalue weighted by Gasteiger charge is -2.13. The Balaban J connectivity index is 2.08. The fraction of sp³-hybridized carbons (Fsp3) is 0.154. The number of hydrogen-bond donors (Lipinski definition) is 1. The van der Waals surface area contributed by atoms with E-state index < -0.39 is 0 Å². The van der Waals surface area contributed by atoms with Gasteiger partial charge in [-0.15, -0.1) is 0 Å². The van der Waals surface area contributed by atoms with Gasteiger partial charge in [0, 0.05) is 16.9 Å². The normalized spacial score (nSPS) is 11.9. The van der Waals surface area contributed by atoms with E-state index in [2.05, 4.69) is 31.2 Å². The second-order valence-electron chi connectivity index (χ2n) is 3.82.